The molecule has 1 amide bonds. The number of piperidine rings is 3. The molecule has 4 heterocycles. The number of carbonyl (C=O) groups excluding carboxylic acids is 1. The summed E-state index contributed by atoms with van der Waals surface area (Å²) >= 11 is 2.48. The first-order chi connectivity index (χ1) is 13.0. The van der Waals surface area contributed by atoms with Gasteiger partial charge >= 0.3 is 0 Å². The summed E-state index contributed by atoms with van der Waals surface area (Å²) < 4.78 is 10.7. The number of amides is 1. The van der Waals surface area contributed by atoms with E-state index in [9.17, 15) is 4.79 Å². The maximum absolute atomic E-state index is 12.8. The molecule has 0 aliphatic carbocycles. The lowest BCUT2D eigenvalue weighted by molar-refractivity contribution is 0.0126. The van der Waals surface area contributed by atoms with E-state index >= 15 is 0 Å². The summed E-state index contributed by atoms with van der Waals surface area (Å²) in [6.45, 7) is 4.44. The van der Waals surface area contributed by atoms with E-state index in [1.54, 1.807) is 24.3 Å². The van der Waals surface area contributed by atoms with Gasteiger partial charge in [0.15, 0.2) is 0 Å². The van der Waals surface area contributed by atoms with Gasteiger partial charge in [-0.2, -0.15) is 5.26 Å². The number of hydrogen-bond donors (Lipinski definition) is 1. The molecule has 5 rings (SSSR count). The van der Waals surface area contributed by atoms with Gasteiger partial charge in [0, 0.05) is 11.6 Å². The molecule has 7 heteroatoms. The van der Waals surface area contributed by atoms with Gasteiger partial charge in [0.25, 0.3) is 11.9 Å². The Balaban J connectivity index is 1.43. The number of carbonyl (C=O) groups is 1. The van der Waals surface area contributed by atoms with Crippen LogP contribution in [0.3, 0.4) is 0 Å². The van der Waals surface area contributed by atoms with Gasteiger partial charge in [0.2, 0.25) is 0 Å². The first-order valence-corrected chi connectivity index (χ1v) is 10.1. The molecule has 27 heavy (non-hydrogen) atoms. The highest BCUT2D eigenvalue weighted by atomic mass is 127. The lowest BCUT2D eigenvalue weighted by Gasteiger charge is -2.55. The minimum atomic E-state index is -0.0621. The van der Waals surface area contributed by atoms with Crippen LogP contribution < -0.4 is 10.1 Å². The molecule has 1 N–H and O–H groups in total. The molecule has 3 saturated heterocycles. The zero-order chi connectivity index (χ0) is 19.0. The largest absolute Gasteiger partial charge is 0.433 e. The SMILES string of the molecule is C[C@]1(I)[C@H](NC(=O)c2ccc(Oc3cc(C#N)co3)cc2)C2CCN1CC2. The smallest absolute Gasteiger partial charge is 0.291 e. The number of ether oxygens (including phenoxy) is 1. The van der Waals surface area contributed by atoms with E-state index in [4.69, 9.17) is 14.4 Å². The fourth-order valence-corrected chi connectivity index (χ4v) is 5.14. The van der Waals surface area contributed by atoms with Crippen LogP contribution in [0.25, 0.3) is 0 Å². The van der Waals surface area contributed by atoms with Crippen LogP contribution in [0, 0.1) is 17.2 Å². The summed E-state index contributed by atoms with van der Waals surface area (Å²) in [6.07, 6.45) is 3.63. The van der Waals surface area contributed by atoms with Crippen molar-refractivity contribution in [3.63, 3.8) is 0 Å². The highest BCUT2D eigenvalue weighted by molar-refractivity contribution is 14.1. The number of hydrogen-bond acceptors (Lipinski definition) is 5. The minimum absolute atomic E-state index is 0.0463. The Kier molecular flexibility index (Phi) is 4.86. The van der Waals surface area contributed by atoms with Crippen LogP contribution in [-0.4, -0.2) is 33.5 Å². The van der Waals surface area contributed by atoms with Crippen molar-refractivity contribution in [3.8, 4) is 17.8 Å². The third-order valence-corrected chi connectivity index (χ3v) is 6.88. The molecule has 0 radical (unpaired) electrons. The third kappa shape index (κ3) is 3.56. The number of halogens is 1. The monoisotopic (exact) mass is 477 g/mol. The Morgan fingerprint density at radius 1 is 1.37 bits per heavy atom. The molecular formula is C20H20IN3O3. The van der Waals surface area contributed by atoms with Crippen LogP contribution in [-0.2, 0) is 0 Å². The molecule has 6 nitrogen and oxygen atoms in total. The fourth-order valence-electron chi connectivity index (χ4n) is 3.99. The fraction of sp³-hybridized carbons (Fsp3) is 0.400. The number of fused-ring (bicyclic) bond motifs is 3. The van der Waals surface area contributed by atoms with Gasteiger partial charge in [-0.3, -0.25) is 9.69 Å². The molecule has 0 saturated carbocycles. The van der Waals surface area contributed by atoms with Crippen molar-refractivity contribution in [1.29, 1.82) is 5.26 Å². The Morgan fingerprint density at radius 3 is 2.67 bits per heavy atom. The Bertz CT molecular complexity index is 877. The van der Waals surface area contributed by atoms with Crippen LogP contribution in [0.4, 0.5) is 0 Å². The predicted octanol–water partition coefficient (Wildman–Crippen LogP) is 3.92. The maximum atomic E-state index is 12.8. The van der Waals surface area contributed by atoms with E-state index in [1.807, 2.05) is 6.07 Å². The second-order valence-electron chi connectivity index (χ2n) is 7.19. The van der Waals surface area contributed by atoms with Gasteiger partial charge in [-0.1, -0.05) is 22.6 Å². The lowest BCUT2D eigenvalue weighted by atomic mass is 9.79. The van der Waals surface area contributed by atoms with Crippen molar-refractivity contribution in [1.82, 2.24) is 10.2 Å². The van der Waals surface area contributed by atoms with Gasteiger partial charge in [-0.05, 0) is 63.0 Å². The van der Waals surface area contributed by atoms with E-state index in [2.05, 4.69) is 39.7 Å². The number of furan rings is 1. The first-order valence-electron chi connectivity index (χ1n) is 8.99. The minimum Gasteiger partial charge on any atom is -0.433 e. The summed E-state index contributed by atoms with van der Waals surface area (Å²) in [7, 11) is 0. The van der Waals surface area contributed by atoms with Crippen LogP contribution in [0.2, 0.25) is 0 Å². The number of benzene rings is 1. The van der Waals surface area contributed by atoms with Gasteiger partial charge in [-0.25, -0.2) is 0 Å². The highest BCUT2D eigenvalue weighted by Gasteiger charge is 2.49. The molecule has 3 fully saturated rings. The van der Waals surface area contributed by atoms with Gasteiger partial charge in [0.1, 0.15) is 18.1 Å². The molecule has 2 aromatic rings. The van der Waals surface area contributed by atoms with E-state index in [0.717, 1.165) is 25.9 Å². The number of nitrogens with zero attached hydrogens (tertiary/aromatic N) is 2. The zero-order valence-corrected chi connectivity index (χ0v) is 17.1. The third-order valence-electron chi connectivity index (χ3n) is 5.52. The molecule has 3 aliphatic rings. The quantitative estimate of drug-likeness (QED) is 0.411. The number of rotatable bonds is 4. The molecule has 1 aromatic carbocycles. The van der Waals surface area contributed by atoms with Crippen LogP contribution >= 0.6 is 22.6 Å². The molecular weight excluding hydrogens is 457 g/mol. The topological polar surface area (TPSA) is 78.5 Å². The molecule has 3 aliphatic heterocycles. The Labute approximate surface area is 171 Å². The average Bonchev–Trinajstić information content (AvgIpc) is 3.13. The number of nitrogens with one attached hydrogen (secondary N) is 1. The second kappa shape index (κ2) is 7.17. The van der Waals surface area contributed by atoms with E-state index < -0.39 is 0 Å². The summed E-state index contributed by atoms with van der Waals surface area (Å²) in [5, 5.41) is 12.1. The number of alkyl halides is 1. The summed E-state index contributed by atoms with van der Waals surface area (Å²) in [5.41, 5.74) is 1.00. The summed E-state index contributed by atoms with van der Waals surface area (Å²) in [5.74, 6) is 1.27. The normalized spacial score (nSPS) is 29.1. The van der Waals surface area contributed by atoms with Crippen molar-refractivity contribution < 1.29 is 13.9 Å². The zero-order valence-electron chi connectivity index (χ0n) is 14.9. The standard InChI is InChI=1S/C20H20IN3O3/c1-20(21)18(14-6-8-24(20)9-7-14)23-19(25)15-2-4-16(5-3-15)27-17-10-13(11-22)12-26-17/h2-5,10,12,14,18H,6-9H2,1H3,(H,23,25)/t18-,20-/m1/s1. The molecule has 0 unspecified atom stereocenters. The van der Waals surface area contributed by atoms with Crippen LogP contribution in [0.5, 0.6) is 11.7 Å². The second-order valence-corrected chi connectivity index (χ2v) is 9.38. The Hall–Kier alpha value is -2.05. The predicted molar refractivity (Wildman–Crippen MR) is 108 cm³/mol. The number of nitriles is 1. The van der Waals surface area contributed by atoms with Crippen molar-refractivity contribution in [2.45, 2.75) is 29.4 Å². The van der Waals surface area contributed by atoms with Gasteiger partial charge in [0.05, 0.1) is 15.2 Å². The molecule has 0 spiro atoms. The van der Waals surface area contributed by atoms with Crippen LogP contribution in [0.1, 0.15) is 35.7 Å². The van der Waals surface area contributed by atoms with E-state index in [-0.39, 0.29) is 21.4 Å². The molecule has 1 aromatic heterocycles. The average molecular weight is 477 g/mol. The molecule has 2 atom stereocenters. The summed E-state index contributed by atoms with van der Waals surface area (Å²) in [4.78, 5) is 15.2. The van der Waals surface area contributed by atoms with Crippen molar-refractivity contribution in [2.24, 2.45) is 5.92 Å². The first kappa shape index (κ1) is 18.3. The lowest BCUT2D eigenvalue weighted by Crippen LogP contribution is -2.67. The van der Waals surface area contributed by atoms with Gasteiger partial charge < -0.3 is 14.5 Å². The van der Waals surface area contributed by atoms with E-state index in [1.165, 1.54) is 12.3 Å². The van der Waals surface area contributed by atoms with E-state index in [0.29, 0.717) is 22.8 Å². The highest BCUT2D eigenvalue weighted by Crippen LogP contribution is 2.43. The van der Waals surface area contributed by atoms with Crippen molar-refractivity contribution in [2.75, 3.05) is 13.1 Å². The molecule has 140 valence electrons. The molecule has 2 bridgehead atoms. The van der Waals surface area contributed by atoms with Crippen molar-refractivity contribution in [3.05, 3.63) is 47.7 Å². The maximum Gasteiger partial charge on any atom is 0.291 e. The van der Waals surface area contributed by atoms with Gasteiger partial charge in [-0.15, -0.1) is 0 Å². The van der Waals surface area contributed by atoms with Crippen molar-refractivity contribution >= 4 is 28.5 Å². The Morgan fingerprint density at radius 2 is 2.07 bits per heavy atom. The summed E-state index contributed by atoms with van der Waals surface area (Å²) in [6, 6.07) is 10.6. The van der Waals surface area contributed by atoms with Crippen LogP contribution in [0.15, 0.2) is 41.0 Å².